The number of rotatable bonds is 1. The Bertz CT molecular complexity index is 415. The van der Waals surface area contributed by atoms with Gasteiger partial charge in [-0.05, 0) is 12.3 Å². The van der Waals surface area contributed by atoms with Crippen molar-refractivity contribution >= 4 is 17.7 Å². The zero-order valence-electron chi connectivity index (χ0n) is 9.60. The van der Waals surface area contributed by atoms with Gasteiger partial charge in [0.05, 0.1) is 25.0 Å². The maximum Gasteiger partial charge on any atom is 0.312 e. The van der Waals surface area contributed by atoms with Gasteiger partial charge in [-0.3, -0.25) is 14.4 Å². The molecule has 0 spiro atoms. The molecular weight excluding hydrogens is 224 g/mol. The highest BCUT2D eigenvalue weighted by molar-refractivity contribution is 5.93. The summed E-state index contributed by atoms with van der Waals surface area (Å²) in [6, 6.07) is 0. The minimum absolute atomic E-state index is 0.0368. The van der Waals surface area contributed by atoms with Crippen LogP contribution in [0.5, 0.6) is 0 Å². The molecule has 0 aromatic carbocycles. The molecule has 4 atom stereocenters. The van der Waals surface area contributed by atoms with E-state index in [0.717, 1.165) is 0 Å². The lowest BCUT2D eigenvalue weighted by Gasteiger charge is -2.29. The molecule has 3 fully saturated rings. The molecule has 1 aliphatic heterocycles. The number of hydrogen-bond donors (Lipinski definition) is 0. The zero-order valence-corrected chi connectivity index (χ0v) is 9.60. The Balaban J connectivity index is 2.03. The molecule has 1 heterocycles. The fraction of sp³-hybridized carbons (Fsp3) is 0.750. The molecule has 0 aromatic heterocycles. The molecule has 3 aliphatic rings. The minimum Gasteiger partial charge on any atom is -0.469 e. The number of esters is 2. The van der Waals surface area contributed by atoms with Crippen LogP contribution >= 0.6 is 0 Å². The van der Waals surface area contributed by atoms with E-state index in [1.807, 2.05) is 0 Å². The summed E-state index contributed by atoms with van der Waals surface area (Å²) in [6.07, 6.45) is 1.20. The first-order chi connectivity index (χ1) is 8.09. The van der Waals surface area contributed by atoms with Crippen molar-refractivity contribution in [3.05, 3.63) is 0 Å². The monoisotopic (exact) mass is 238 g/mol. The van der Waals surface area contributed by atoms with E-state index in [4.69, 9.17) is 9.47 Å². The second-order valence-electron chi connectivity index (χ2n) is 5.23. The van der Waals surface area contributed by atoms with Crippen LogP contribution in [0.25, 0.3) is 0 Å². The lowest BCUT2D eigenvalue weighted by molar-refractivity contribution is -0.158. The summed E-state index contributed by atoms with van der Waals surface area (Å²) in [5.41, 5.74) is -0.789. The molecule has 5 heteroatoms. The molecular formula is C12H14O5. The Morgan fingerprint density at radius 2 is 2.24 bits per heavy atom. The van der Waals surface area contributed by atoms with E-state index in [9.17, 15) is 14.4 Å². The molecule has 2 aliphatic carbocycles. The van der Waals surface area contributed by atoms with Crippen molar-refractivity contribution in [2.24, 2.45) is 23.2 Å². The van der Waals surface area contributed by atoms with E-state index in [1.54, 1.807) is 0 Å². The van der Waals surface area contributed by atoms with Gasteiger partial charge in [-0.2, -0.15) is 0 Å². The number of ether oxygens (including phenoxy) is 2. The molecule has 3 rings (SSSR count). The summed E-state index contributed by atoms with van der Waals surface area (Å²) in [6.45, 7) is 0.252. The Kier molecular flexibility index (Phi) is 2.09. The second kappa shape index (κ2) is 3.31. The number of carbonyl (C=O) groups is 3. The zero-order chi connectivity index (χ0) is 12.2. The predicted octanol–water partition coefficient (Wildman–Crippen LogP) is 0.318. The second-order valence-corrected chi connectivity index (χ2v) is 5.23. The van der Waals surface area contributed by atoms with Gasteiger partial charge < -0.3 is 9.47 Å². The number of ketones is 1. The lowest BCUT2D eigenvalue weighted by Crippen LogP contribution is -2.40. The third-order valence-corrected chi connectivity index (χ3v) is 4.65. The van der Waals surface area contributed by atoms with Gasteiger partial charge >= 0.3 is 11.9 Å². The molecule has 0 bridgehead atoms. The van der Waals surface area contributed by atoms with Gasteiger partial charge in [0, 0.05) is 18.8 Å². The Labute approximate surface area is 98.4 Å². The van der Waals surface area contributed by atoms with Crippen LogP contribution < -0.4 is 0 Å². The van der Waals surface area contributed by atoms with Gasteiger partial charge in [-0.1, -0.05) is 0 Å². The highest BCUT2D eigenvalue weighted by atomic mass is 16.5. The molecule has 0 N–H and O–H groups in total. The van der Waals surface area contributed by atoms with E-state index in [0.29, 0.717) is 12.8 Å². The summed E-state index contributed by atoms with van der Waals surface area (Å²) in [5.74, 6) is -0.895. The highest BCUT2D eigenvalue weighted by Crippen LogP contribution is 2.61. The molecule has 0 amide bonds. The topological polar surface area (TPSA) is 69.7 Å². The SMILES string of the molecule is COC(=O)[C@]12CC(=O)C[C@H]1C[C@@H]1C(=O)OC[C@@H]12. The molecule has 17 heavy (non-hydrogen) atoms. The molecule has 1 saturated heterocycles. The van der Waals surface area contributed by atoms with E-state index in [1.165, 1.54) is 7.11 Å². The number of Topliss-reactive ketones (excluding diaryl/α,β-unsaturated/α-hetero) is 1. The summed E-state index contributed by atoms with van der Waals surface area (Å²) < 4.78 is 9.90. The van der Waals surface area contributed by atoms with E-state index < -0.39 is 5.41 Å². The van der Waals surface area contributed by atoms with Crippen molar-refractivity contribution in [1.82, 2.24) is 0 Å². The minimum atomic E-state index is -0.789. The first-order valence-electron chi connectivity index (χ1n) is 5.86. The quantitative estimate of drug-likeness (QED) is 0.615. The average Bonchev–Trinajstić information content (AvgIpc) is 2.88. The molecule has 0 aromatic rings. The Hall–Kier alpha value is -1.39. The van der Waals surface area contributed by atoms with Crippen LogP contribution in [0.3, 0.4) is 0 Å². The van der Waals surface area contributed by atoms with Crippen molar-refractivity contribution in [1.29, 1.82) is 0 Å². The molecule has 5 nitrogen and oxygen atoms in total. The van der Waals surface area contributed by atoms with Crippen LogP contribution in [0, 0.1) is 23.2 Å². The van der Waals surface area contributed by atoms with Crippen LogP contribution in [0.15, 0.2) is 0 Å². The van der Waals surface area contributed by atoms with Gasteiger partial charge in [0.25, 0.3) is 0 Å². The highest BCUT2D eigenvalue weighted by Gasteiger charge is 2.68. The largest absolute Gasteiger partial charge is 0.469 e. The van der Waals surface area contributed by atoms with E-state index in [2.05, 4.69) is 0 Å². The normalized spacial score (nSPS) is 43.2. The van der Waals surface area contributed by atoms with E-state index >= 15 is 0 Å². The van der Waals surface area contributed by atoms with Crippen LogP contribution in [-0.4, -0.2) is 31.4 Å². The summed E-state index contributed by atoms with van der Waals surface area (Å²) >= 11 is 0. The fourth-order valence-corrected chi connectivity index (χ4v) is 3.94. The Morgan fingerprint density at radius 3 is 2.94 bits per heavy atom. The number of carbonyl (C=O) groups excluding carboxylic acids is 3. The average molecular weight is 238 g/mol. The van der Waals surface area contributed by atoms with Crippen molar-refractivity contribution in [2.75, 3.05) is 13.7 Å². The van der Waals surface area contributed by atoms with E-state index in [-0.39, 0.29) is 48.5 Å². The molecule has 2 saturated carbocycles. The summed E-state index contributed by atoms with van der Waals surface area (Å²) in [7, 11) is 1.34. The third-order valence-electron chi connectivity index (χ3n) is 4.65. The lowest BCUT2D eigenvalue weighted by atomic mass is 9.73. The van der Waals surface area contributed by atoms with Gasteiger partial charge in [0.15, 0.2) is 0 Å². The standard InChI is InChI=1S/C12H14O5/c1-16-11(15)12-4-7(13)2-6(12)3-8-9(12)5-17-10(8)14/h6,8-9H,2-5H2,1H3/t6-,8-,9-,12+/m0/s1. The van der Waals surface area contributed by atoms with Crippen LogP contribution in [0.4, 0.5) is 0 Å². The Morgan fingerprint density at radius 1 is 1.47 bits per heavy atom. The first-order valence-corrected chi connectivity index (χ1v) is 5.86. The van der Waals surface area contributed by atoms with Gasteiger partial charge in [0.2, 0.25) is 0 Å². The third kappa shape index (κ3) is 1.17. The summed E-state index contributed by atoms with van der Waals surface area (Å²) in [4.78, 5) is 35.3. The number of methoxy groups -OCH3 is 1. The maximum atomic E-state index is 12.1. The predicted molar refractivity (Wildman–Crippen MR) is 54.7 cm³/mol. The maximum absolute atomic E-state index is 12.1. The van der Waals surface area contributed by atoms with Crippen molar-refractivity contribution in [3.63, 3.8) is 0 Å². The summed E-state index contributed by atoms with van der Waals surface area (Å²) in [5, 5.41) is 0. The molecule has 0 unspecified atom stereocenters. The van der Waals surface area contributed by atoms with Crippen molar-refractivity contribution < 1.29 is 23.9 Å². The number of fused-ring (bicyclic) bond motifs is 3. The smallest absolute Gasteiger partial charge is 0.312 e. The number of cyclic esters (lactones) is 1. The van der Waals surface area contributed by atoms with Gasteiger partial charge in [-0.25, -0.2) is 0 Å². The first kappa shape index (κ1) is 10.7. The molecule has 0 radical (unpaired) electrons. The van der Waals surface area contributed by atoms with Gasteiger partial charge in [-0.15, -0.1) is 0 Å². The van der Waals surface area contributed by atoms with Crippen LogP contribution in [0.2, 0.25) is 0 Å². The van der Waals surface area contributed by atoms with Crippen molar-refractivity contribution in [3.8, 4) is 0 Å². The fourth-order valence-electron chi connectivity index (χ4n) is 3.94. The molecule has 92 valence electrons. The van der Waals surface area contributed by atoms with Gasteiger partial charge in [0.1, 0.15) is 5.78 Å². The van der Waals surface area contributed by atoms with Crippen molar-refractivity contribution in [2.45, 2.75) is 19.3 Å². The van der Waals surface area contributed by atoms with Crippen LogP contribution in [0.1, 0.15) is 19.3 Å². The number of hydrogen-bond acceptors (Lipinski definition) is 5. The van der Waals surface area contributed by atoms with Crippen LogP contribution in [-0.2, 0) is 23.9 Å².